The number of primary amides is 1. The third-order valence-corrected chi connectivity index (χ3v) is 5.76. The van der Waals surface area contributed by atoms with Crippen LogP contribution in [-0.4, -0.2) is 82.8 Å². The Morgan fingerprint density at radius 1 is 1.03 bits per heavy atom. The van der Waals surface area contributed by atoms with Gasteiger partial charge in [0.25, 0.3) is 0 Å². The highest BCUT2D eigenvalue weighted by Gasteiger charge is 2.38. The van der Waals surface area contributed by atoms with Crippen molar-refractivity contribution in [1.82, 2.24) is 15.5 Å². The summed E-state index contributed by atoms with van der Waals surface area (Å²) in [7, 11) is 0. The number of likely N-dealkylation sites (tertiary alicyclic amines) is 1. The first-order valence-corrected chi connectivity index (χ1v) is 12.1. The lowest BCUT2D eigenvalue weighted by atomic mass is 10.0. The number of carboxylic acid groups (broad SMARTS) is 1. The van der Waals surface area contributed by atoms with E-state index in [1.54, 1.807) is 0 Å². The van der Waals surface area contributed by atoms with E-state index in [9.17, 15) is 29.1 Å². The van der Waals surface area contributed by atoms with Crippen LogP contribution in [0, 0.1) is 5.92 Å². The standard InChI is InChI=1S/C22H40N8O6/c1-12(2)11-15(29-18(32)13(23)7-8-17(24)31)19(33)28-14(5-3-9-27-22(25)26)20(34)30-10-4-6-16(30)21(35)36/h12-16H,3-11,23H2,1-2H3,(H2,24,31)(H,28,33)(H,29,32)(H,35,36)(H4,25,26,27). The van der Waals surface area contributed by atoms with Crippen LogP contribution in [0.1, 0.15) is 58.8 Å². The number of carbonyl (C=O) groups is 5. The Labute approximate surface area is 210 Å². The molecule has 1 aliphatic rings. The largest absolute Gasteiger partial charge is 0.480 e. The summed E-state index contributed by atoms with van der Waals surface area (Å²) in [4.78, 5) is 66.7. The Bertz CT molecular complexity index is 829. The molecule has 1 fully saturated rings. The van der Waals surface area contributed by atoms with Crippen molar-refractivity contribution in [1.29, 1.82) is 0 Å². The van der Waals surface area contributed by atoms with E-state index in [2.05, 4.69) is 15.6 Å². The lowest BCUT2D eigenvalue weighted by molar-refractivity contribution is -0.149. The second-order valence-electron chi connectivity index (χ2n) is 9.34. The van der Waals surface area contributed by atoms with Gasteiger partial charge < -0.3 is 43.6 Å². The van der Waals surface area contributed by atoms with E-state index in [0.717, 1.165) is 0 Å². The fourth-order valence-electron chi connectivity index (χ4n) is 3.93. The van der Waals surface area contributed by atoms with Gasteiger partial charge in [0, 0.05) is 19.5 Å². The number of rotatable bonds is 15. The molecule has 1 heterocycles. The predicted octanol–water partition coefficient (Wildman–Crippen LogP) is -2.28. The lowest BCUT2D eigenvalue weighted by Crippen LogP contribution is -2.57. The van der Waals surface area contributed by atoms with Crippen molar-refractivity contribution < 1.29 is 29.1 Å². The molecule has 0 bridgehead atoms. The van der Waals surface area contributed by atoms with Crippen molar-refractivity contribution in [2.75, 3.05) is 13.1 Å². The van der Waals surface area contributed by atoms with E-state index >= 15 is 0 Å². The highest BCUT2D eigenvalue weighted by Crippen LogP contribution is 2.20. The molecule has 4 amide bonds. The van der Waals surface area contributed by atoms with Gasteiger partial charge in [0.2, 0.25) is 23.6 Å². The minimum atomic E-state index is -1.11. The van der Waals surface area contributed by atoms with Crippen LogP contribution >= 0.6 is 0 Å². The average Bonchev–Trinajstić information content (AvgIpc) is 3.28. The zero-order chi connectivity index (χ0) is 27.4. The van der Waals surface area contributed by atoms with Crippen molar-refractivity contribution in [3.8, 4) is 0 Å². The van der Waals surface area contributed by atoms with Gasteiger partial charge in [0.15, 0.2) is 5.96 Å². The molecule has 0 spiro atoms. The van der Waals surface area contributed by atoms with E-state index in [1.165, 1.54) is 4.90 Å². The Morgan fingerprint density at radius 3 is 2.22 bits per heavy atom. The van der Waals surface area contributed by atoms with E-state index in [1.807, 2.05) is 13.8 Å². The number of nitrogens with two attached hydrogens (primary N) is 4. The Morgan fingerprint density at radius 2 is 1.67 bits per heavy atom. The molecule has 4 atom stereocenters. The van der Waals surface area contributed by atoms with Crippen LogP contribution in [0.4, 0.5) is 0 Å². The Hall–Kier alpha value is -3.42. The average molecular weight is 513 g/mol. The molecule has 0 aromatic rings. The van der Waals surface area contributed by atoms with Crippen LogP contribution in [0.15, 0.2) is 4.99 Å². The van der Waals surface area contributed by atoms with Gasteiger partial charge in [-0.1, -0.05) is 13.8 Å². The van der Waals surface area contributed by atoms with Gasteiger partial charge in [-0.2, -0.15) is 0 Å². The summed E-state index contributed by atoms with van der Waals surface area (Å²) >= 11 is 0. The number of carbonyl (C=O) groups excluding carboxylic acids is 4. The number of hydrogen-bond donors (Lipinski definition) is 7. The monoisotopic (exact) mass is 512 g/mol. The minimum Gasteiger partial charge on any atom is -0.480 e. The van der Waals surface area contributed by atoms with E-state index < -0.39 is 53.8 Å². The van der Waals surface area contributed by atoms with Crippen LogP contribution < -0.4 is 33.6 Å². The predicted molar refractivity (Wildman–Crippen MR) is 132 cm³/mol. The summed E-state index contributed by atoms with van der Waals surface area (Å²) in [5.41, 5.74) is 21.6. The fourth-order valence-corrected chi connectivity index (χ4v) is 3.93. The van der Waals surface area contributed by atoms with Gasteiger partial charge in [-0.3, -0.25) is 24.2 Å². The number of guanidine groups is 1. The fraction of sp³-hybridized carbons (Fsp3) is 0.727. The number of carboxylic acids is 1. The van der Waals surface area contributed by atoms with Crippen molar-refractivity contribution in [2.24, 2.45) is 33.8 Å². The number of amides is 4. The van der Waals surface area contributed by atoms with E-state index in [-0.39, 0.29) is 50.7 Å². The van der Waals surface area contributed by atoms with E-state index in [0.29, 0.717) is 19.3 Å². The van der Waals surface area contributed by atoms with Crippen LogP contribution in [0.3, 0.4) is 0 Å². The zero-order valence-electron chi connectivity index (χ0n) is 20.9. The Balaban J connectivity index is 3.01. The first-order valence-electron chi connectivity index (χ1n) is 12.1. The maximum absolute atomic E-state index is 13.3. The third kappa shape index (κ3) is 10.5. The number of aliphatic carboxylic acids is 1. The highest BCUT2D eigenvalue weighted by molar-refractivity contribution is 5.94. The summed E-state index contributed by atoms with van der Waals surface area (Å²) in [5.74, 6) is -3.57. The number of aliphatic imine (C=N–C) groups is 1. The summed E-state index contributed by atoms with van der Waals surface area (Å²) in [6.45, 7) is 4.19. The molecule has 0 aliphatic carbocycles. The zero-order valence-corrected chi connectivity index (χ0v) is 20.9. The molecule has 0 aromatic carbocycles. The van der Waals surface area contributed by atoms with Gasteiger partial charge in [-0.25, -0.2) is 4.79 Å². The Kier molecular flexibility index (Phi) is 12.6. The minimum absolute atomic E-state index is 0.00823. The molecule has 4 unspecified atom stereocenters. The van der Waals surface area contributed by atoms with Gasteiger partial charge in [-0.05, 0) is 44.4 Å². The lowest BCUT2D eigenvalue weighted by Gasteiger charge is -2.29. The molecule has 0 radical (unpaired) electrons. The smallest absolute Gasteiger partial charge is 0.326 e. The number of nitrogens with one attached hydrogen (secondary N) is 2. The third-order valence-electron chi connectivity index (χ3n) is 5.76. The highest BCUT2D eigenvalue weighted by atomic mass is 16.4. The first-order chi connectivity index (χ1) is 16.8. The molecule has 1 aliphatic heterocycles. The van der Waals surface area contributed by atoms with Gasteiger partial charge in [0.05, 0.1) is 6.04 Å². The molecule has 0 saturated carbocycles. The summed E-state index contributed by atoms with van der Waals surface area (Å²) in [6.07, 6.45) is 1.56. The SMILES string of the molecule is CC(C)CC(NC(=O)C(N)CCC(N)=O)C(=O)NC(CCCN=C(N)N)C(=O)N1CCCC1C(=O)O. The maximum atomic E-state index is 13.3. The van der Waals surface area contributed by atoms with Crippen molar-refractivity contribution in [2.45, 2.75) is 83.0 Å². The molecule has 1 saturated heterocycles. The van der Waals surface area contributed by atoms with Gasteiger partial charge in [0.1, 0.15) is 18.1 Å². The summed E-state index contributed by atoms with van der Waals surface area (Å²) < 4.78 is 0. The molecule has 36 heavy (non-hydrogen) atoms. The normalized spacial score (nSPS) is 17.7. The van der Waals surface area contributed by atoms with Crippen molar-refractivity contribution in [3.63, 3.8) is 0 Å². The van der Waals surface area contributed by atoms with Gasteiger partial charge in [-0.15, -0.1) is 0 Å². The molecule has 14 heteroatoms. The molecular weight excluding hydrogens is 472 g/mol. The van der Waals surface area contributed by atoms with Crippen LogP contribution in [0.5, 0.6) is 0 Å². The second kappa shape index (κ2) is 14.9. The van der Waals surface area contributed by atoms with Crippen LogP contribution in [0.2, 0.25) is 0 Å². The molecule has 0 aromatic heterocycles. The topological polar surface area (TPSA) is 249 Å². The van der Waals surface area contributed by atoms with Crippen LogP contribution in [-0.2, 0) is 24.0 Å². The summed E-state index contributed by atoms with van der Waals surface area (Å²) in [5, 5.41) is 14.7. The summed E-state index contributed by atoms with van der Waals surface area (Å²) in [6, 6.07) is -4.05. The van der Waals surface area contributed by atoms with Crippen molar-refractivity contribution in [3.05, 3.63) is 0 Å². The molecule has 14 nitrogen and oxygen atoms in total. The quantitative estimate of drug-likeness (QED) is 0.0708. The second-order valence-corrected chi connectivity index (χ2v) is 9.34. The number of nitrogens with zero attached hydrogens (tertiary/aromatic N) is 2. The maximum Gasteiger partial charge on any atom is 0.326 e. The molecular formula is C22H40N8O6. The van der Waals surface area contributed by atoms with Gasteiger partial charge >= 0.3 is 5.97 Å². The van der Waals surface area contributed by atoms with Crippen molar-refractivity contribution >= 4 is 35.6 Å². The number of hydrogen-bond acceptors (Lipinski definition) is 7. The van der Waals surface area contributed by atoms with E-state index in [4.69, 9.17) is 22.9 Å². The van der Waals surface area contributed by atoms with Crippen LogP contribution in [0.25, 0.3) is 0 Å². The molecule has 1 rings (SSSR count). The first kappa shape index (κ1) is 30.6. The molecule has 204 valence electrons. The molecule has 11 N–H and O–H groups in total.